The predicted molar refractivity (Wildman–Crippen MR) is 102 cm³/mol. The van der Waals surface area contributed by atoms with Crippen molar-refractivity contribution in [2.45, 2.75) is 32.1 Å². The first-order valence-corrected chi connectivity index (χ1v) is 8.88. The maximum Gasteiger partial charge on any atom is 0.200 e. The molecule has 0 amide bonds. The van der Waals surface area contributed by atoms with Crippen LogP contribution in [0.25, 0.3) is 22.1 Å². The number of benzene rings is 2. The highest BCUT2D eigenvalue weighted by Gasteiger charge is 2.16. The van der Waals surface area contributed by atoms with Crippen LogP contribution in [0.15, 0.2) is 51.7 Å². The first-order valence-electron chi connectivity index (χ1n) is 8.88. The van der Waals surface area contributed by atoms with Crippen molar-refractivity contribution >= 4 is 11.0 Å². The summed E-state index contributed by atoms with van der Waals surface area (Å²) in [6.07, 6.45) is 4.55. The highest BCUT2D eigenvalue weighted by atomic mass is 16.3. The zero-order valence-corrected chi connectivity index (χ0v) is 14.6. The Kier molecular flexibility index (Phi) is 5.58. The van der Waals surface area contributed by atoms with E-state index in [0.29, 0.717) is 40.8 Å². The molecule has 0 radical (unpaired) electrons. The number of rotatable bonds is 7. The van der Waals surface area contributed by atoms with E-state index in [2.05, 4.69) is 0 Å². The number of nitrogens with two attached hydrogens (primary N) is 1. The summed E-state index contributed by atoms with van der Waals surface area (Å²) >= 11 is 0. The Hall–Kier alpha value is -2.79. The van der Waals surface area contributed by atoms with Gasteiger partial charge in [0.25, 0.3) is 0 Å². The van der Waals surface area contributed by atoms with Crippen LogP contribution in [-0.2, 0) is 6.42 Å². The highest BCUT2D eigenvalue weighted by molar-refractivity contribution is 5.83. The molecule has 0 aliphatic rings. The van der Waals surface area contributed by atoms with Crippen LogP contribution in [0, 0.1) is 0 Å². The Morgan fingerprint density at radius 2 is 1.58 bits per heavy atom. The lowest BCUT2D eigenvalue weighted by Gasteiger charge is -2.11. The van der Waals surface area contributed by atoms with Crippen LogP contribution >= 0.6 is 0 Å². The second-order valence-corrected chi connectivity index (χ2v) is 6.41. The zero-order chi connectivity index (χ0) is 18.5. The molecule has 3 aromatic rings. The van der Waals surface area contributed by atoms with Crippen molar-refractivity contribution in [1.82, 2.24) is 0 Å². The number of hydrogen-bond acceptors (Lipinski definition) is 5. The SMILES string of the molecule is NCCCCCCc1oc2cc(O)ccc2c(=O)c1-c1ccc(O)cc1. The lowest BCUT2D eigenvalue weighted by molar-refractivity contribution is 0.471. The third-order valence-electron chi connectivity index (χ3n) is 4.46. The van der Waals surface area contributed by atoms with Gasteiger partial charge >= 0.3 is 0 Å². The topological polar surface area (TPSA) is 96.7 Å². The highest BCUT2D eigenvalue weighted by Crippen LogP contribution is 2.28. The molecule has 3 rings (SSSR count). The van der Waals surface area contributed by atoms with Crippen LogP contribution in [-0.4, -0.2) is 16.8 Å². The van der Waals surface area contributed by atoms with Crippen LogP contribution in [0.2, 0.25) is 0 Å². The molecular weight excluding hydrogens is 330 g/mol. The van der Waals surface area contributed by atoms with Gasteiger partial charge in [-0.1, -0.05) is 25.0 Å². The van der Waals surface area contributed by atoms with E-state index in [1.807, 2.05) is 0 Å². The summed E-state index contributed by atoms with van der Waals surface area (Å²) in [4.78, 5) is 13.1. The van der Waals surface area contributed by atoms with E-state index in [9.17, 15) is 15.0 Å². The number of fused-ring (bicyclic) bond motifs is 1. The molecule has 0 unspecified atom stereocenters. The van der Waals surface area contributed by atoms with Gasteiger partial charge in [0.05, 0.1) is 10.9 Å². The maximum atomic E-state index is 13.1. The van der Waals surface area contributed by atoms with Crippen molar-refractivity contribution in [1.29, 1.82) is 0 Å². The van der Waals surface area contributed by atoms with Gasteiger partial charge in [-0.2, -0.15) is 0 Å². The molecule has 0 fully saturated rings. The van der Waals surface area contributed by atoms with Gasteiger partial charge in [-0.05, 0) is 49.2 Å². The summed E-state index contributed by atoms with van der Waals surface area (Å²) in [5.74, 6) is 0.811. The van der Waals surface area contributed by atoms with Crippen LogP contribution in [0.5, 0.6) is 11.5 Å². The van der Waals surface area contributed by atoms with Crippen molar-refractivity contribution in [3.8, 4) is 22.6 Å². The maximum absolute atomic E-state index is 13.1. The molecule has 0 saturated carbocycles. The van der Waals surface area contributed by atoms with E-state index in [1.165, 1.54) is 12.1 Å². The zero-order valence-electron chi connectivity index (χ0n) is 14.6. The Bertz CT molecular complexity index is 945. The van der Waals surface area contributed by atoms with Crippen molar-refractivity contribution in [3.05, 3.63) is 58.4 Å². The van der Waals surface area contributed by atoms with E-state index < -0.39 is 0 Å². The Morgan fingerprint density at radius 1 is 0.885 bits per heavy atom. The molecule has 2 aromatic carbocycles. The fourth-order valence-corrected chi connectivity index (χ4v) is 3.11. The number of phenols is 2. The van der Waals surface area contributed by atoms with E-state index in [0.717, 1.165) is 25.7 Å². The first kappa shape index (κ1) is 18.0. The van der Waals surface area contributed by atoms with Gasteiger partial charge in [0, 0.05) is 12.5 Å². The molecule has 1 aromatic heterocycles. The molecule has 136 valence electrons. The van der Waals surface area contributed by atoms with Gasteiger partial charge in [0.2, 0.25) is 5.43 Å². The monoisotopic (exact) mass is 353 g/mol. The first-order chi connectivity index (χ1) is 12.6. The quantitative estimate of drug-likeness (QED) is 0.559. The molecular formula is C21H23NO4. The Morgan fingerprint density at radius 3 is 2.31 bits per heavy atom. The largest absolute Gasteiger partial charge is 0.508 e. The fourth-order valence-electron chi connectivity index (χ4n) is 3.11. The number of phenolic OH excluding ortho intramolecular Hbond substituents is 2. The number of hydrogen-bond donors (Lipinski definition) is 3. The Balaban J connectivity index is 2.05. The van der Waals surface area contributed by atoms with Crippen molar-refractivity contribution in [3.63, 3.8) is 0 Å². The van der Waals surface area contributed by atoms with E-state index >= 15 is 0 Å². The number of aromatic hydroxyl groups is 2. The second kappa shape index (κ2) is 8.06. The summed E-state index contributed by atoms with van der Waals surface area (Å²) in [6.45, 7) is 0.684. The minimum absolute atomic E-state index is 0.0620. The molecule has 4 N–H and O–H groups in total. The molecule has 26 heavy (non-hydrogen) atoms. The molecule has 0 bridgehead atoms. The molecule has 0 atom stereocenters. The van der Waals surface area contributed by atoms with Gasteiger partial charge in [-0.15, -0.1) is 0 Å². The molecule has 0 aliphatic carbocycles. The second-order valence-electron chi connectivity index (χ2n) is 6.41. The van der Waals surface area contributed by atoms with Gasteiger partial charge in [0.1, 0.15) is 22.8 Å². The van der Waals surface area contributed by atoms with Crippen LogP contribution < -0.4 is 11.2 Å². The van der Waals surface area contributed by atoms with E-state index in [4.69, 9.17) is 10.2 Å². The molecule has 1 heterocycles. The van der Waals surface area contributed by atoms with Gasteiger partial charge in [-0.3, -0.25) is 4.79 Å². The molecule has 0 saturated heterocycles. The third kappa shape index (κ3) is 3.89. The van der Waals surface area contributed by atoms with E-state index in [1.54, 1.807) is 30.3 Å². The average Bonchev–Trinajstić information content (AvgIpc) is 2.62. The van der Waals surface area contributed by atoms with Crippen molar-refractivity contribution in [2.24, 2.45) is 5.73 Å². The fraction of sp³-hybridized carbons (Fsp3) is 0.286. The predicted octanol–water partition coefficient (Wildman–Crippen LogP) is 3.93. The lowest BCUT2D eigenvalue weighted by atomic mass is 9.99. The van der Waals surface area contributed by atoms with Crippen molar-refractivity contribution in [2.75, 3.05) is 6.54 Å². The van der Waals surface area contributed by atoms with E-state index in [-0.39, 0.29) is 16.9 Å². The molecule has 5 heteroatoms. The number of aryl methyl sites for hydroxylation is 1. The van der Waals surface area contributed by atoms with Gasteiger partial charge in [0.15, 0.2) is 0 Å². The lowest BCUT2D eigenvalue weighted by Crippen LogP contribution is -2.09. The Labute approximate surface area is 151 Å². The van der Waals surface area contributed by atoms with Crippen molar-refractivity contribution < 1.29 is 14.6 Å². The molecule has 0 aliphatic heterocycles. The number of unbranched alkanes of at least 4 members (excludes halogenated alkanes) is 3. The van der Waals surface area contributed by atoms with Gasteiger partial charge in [-0.25, -0.2) is 0 Å². The van der Waals surface area contributed by atoms with Gasteiger partial charge < -0.3 is 20.4 Å². The van der Waals surface area contributed by atoms with Crippen LogP contribution in [0.1, 0.15) is 31.4 Å². The minimum Gasteiger partial charge on any atom is -0.508 e. The molecule has 0 spiro atoms. The standard InChI is InChI=1S/C21H23NO4/c22-12-4-2-1-3-5-18-20(14-6-8-15(23)9-7-14)21(25)17-11-10-16(24)13-19(17)26-18/h6-11,13,23-24H,1-5,12,22H2. The third-order valence-corrected chi connectivity index (χ3v) is 4.46. The average molecular weight is 353 g/mol. The summed E-state index contributed by atoms with van der Waals surface area (Å²) < 4.78 is 6.00. The summed E-state index contributed by atoms with van der Waals surface area (Å²) in [5.41, 5.74) is 7.01. The van der Waals surface area contributed by atoms with Crippen LogP contribution in [0.3, 0.4) is 0 Å². The minimum atomic E-state index is -0.131. The summed E-state index contributed by atoms with van der Waals surface area (Å²) in [5, 5.41) is 19.7. The summed E-state index contributed by atoms with van der Waals surface area (Å²) in [7, 11) is 0. The smallest absolute Gasteiger partial charge is 0.200 e. The van der Waals surface area contributed by atoms with Crippen LogP contribution in [0.4, 0.5) is 0 Å². The normalized spacial score (nSPS) is 11.1. The summed E-state index contributed by atoms with van der Waals surface area (Å²) in [6, 6.07) is 11.1. The molecule has 5 nitrogen and oxygen atoms in total.